The second-order valence-electron chi connectivity index (χ2n) is 8.12. The molecule has 1 aliphatic rings. The quantitative estimate of drug-likeness (QED) is 0.418. The molecule has 1 amide bonds. The van der Waals surface area contributed by atoms with E-state index in [1.54, 1.807) is 12.1 Å². The molecule has 0 spiro atoms. The van der Waals surface area contributed by atoms with Crippen molar-refractivity contribution in [3.63, 3.8) is 0 Å². The molecule has 0 aliphatic carbocycles. The van der Waals surface area contributed by atoms with Crippen LogP contribution in [-0.2, 0) is 6.54 Å². The van der Waals surface area contributed by atoms with Gasteiger partial charge >= 0.3 is 0 Å². The minimum absolute atomic E-state index is 0.135. The van der Waals surface area contributed by atoms with E-state index in [9.17, 15) is 14.9 Å². The van der Waals surface area contributed by atoms with E-state index >= 15 is 0 Å². The van der Waals surface area contributed by atoms with Crippen LogP contribution >= 0.6 is 0 Å². The summed E-state index contributed by atoms with van der Waals surface area (Å²) in [6.45, 7) is 4.43. The first-order chi connectivity index (χ1) is 16.0. The fraction of sp³-hybridized carbons (Fsp3) is 0.240. The van der Waals surface area contributed by atoms with Crippen LogP contribution in [0.15, 0.2) is 72.8 Å². The molecule has 8 nitrogen and oxygen atoms in total. The summed E-state index contributed by atoms with van der Waals surface area (Å²) in [5, 5.41) is 17.5. The van der Waals surface area contributed by atoms with Gasteiger partial charge in [0.05, 0.1) is 4.92 Å². The van der Waals surface area contributed by atoms with Gasteiger partial charge in [-0.25, -0.2) is 0 Å². The number of rotatable bonds is 7. The lowest BCUT2D eigenvalue weighted by Crippen LogP contribution is -2.44. The third-order valence-electron chi connectivity index (χ3n) is 5.78. The zero-order chi connectivity index (χ0) is 23.2. The van der Waals surface area contributed by atoms with Crippen LogP contribution in [0.1, 0.15) is 15.9 Å². The van der Waals surface area contributed by atoms with Crippen molar-refractivity contribution in [3.05, 3.63) is 94.0 Å². The smallest absolute Gasteiger partial charge is 0.293 e. The lowest BCUT2D eigenvalue weighted by Gasteiger charge is -2.34. The van der Waals surface area contributed by atoms with E-state index in [-0.39, 0.29) is 17.2 Å². The lowest BCUT2D eigenvalue weighted by atomic mass is 10.1. The molecule has 0 atom stereocenters. The lowest BCUT2D eigenvalue weighted by molar-refractivity contribution is -0.384. The van der Waals surface area contributed by atoms with Gasteiger partial charge in [-0.1, -0.05) is 30.3 Å². The van der Waals surface area contributed by atoms with Crippen LogP contribution < -0.4 is 15.5 Å². The first-order valence-electron chi connectivity index (χ1n) is 10.9. The molecule has 0 bridgehead atoms. The normalized spacial score (nSPS) is 14.0. The van der Waals surface area contributed by atoms with Gasteiger partial charge in [0.1, 0.15) is 5.69 Å². The zero-order valence-corrected chi connectivity index (χ0v) is 18.5. The number of hydrogen-bond acceptors (Lipinski definition) is 6. The van der Waals surface area contributed by atoms with Crippen molar-refractivity contribution in [2.24, 2.45) is 0 Å². The molecule has 0 aromatic heterocycles. The Morgan fingerprint density at radius 2 is 1.67 bits per heavy atom. The summed E-state index contributed by atoms with van der Waals surface area (Å²) in [6.07, 6.45) is 0. The standard InChI is InChI=1S/C25H27N5O3/c1-28-13-15-29(16-14-28)22-10-8-21(9-11-22)27-25(31)20-7-12-23(24(17-20)30(32)33)26-18-19-5-3-2-4-6-19/h2-12,17,26H,13-16,18H2,1H3,(H,27,31). The highest BCUT2D eigenvalue weighted by Gasteiger charge is 2.18. The molecular formula is C25H27N5O3. The highest BCUT2D eigenvalue weighted by molar-refractivity contribution is 6.05. The number of carbonyl (C=O) groups is 1. The number of hydrogen-bond donors (Lipinski definition) is 2. The predicted molar refractivity (Wildman–Crippen MR) is 131 cm³/mol. The monoisotopic (exact) mass is 445 g/mol. The largest absolute Gasteiger partial charge is 0.375 e. The van der Waals surface area contributed by atoms with Gasteiger partial charge in [0, 0.05) is 55.7 Å². The van der Waals surface area contributed by atoms with Crippen LogP contribution in [0.4, 0.5) is 22.7 Å². The first-order valence-corrected chi connectivity index (χ1v) is 10.9. The van der Waals surface area contributed by atoms with E-state index in [1.807, 2.05) is 54.6 Å². The van der Waals surface area contributed by atoms with E-state index in [1.165, 1.54) is 6.07 Å². The maximum atomic E-state index is 12.7. The third kappa shape index (κ3) is 5.67. The molecule has 1 fully saturated rings. The summed E-state index contributed by atoms with van der Waals surface area (Å²) in [5.41, 5.74) is 3.24. The van der Waals surface area contributed by atoms with Crippen molar-refractivity contribution in [2.75, 3.05) is 48.8 Å². The van der Waals surface area contributed by atoms with Crippen LogP contribution in [0.2, 0.25) is 0 Å². The van der Waals surface area contributed by atoms with E-state index in [4.69, 9.17) is 0 Å². The van der Waals surface area contributed by atoms with Gasteiger partial charge in [0.25, 0.3) is 11.6 Å². The topological polar surface area (TPSA) is 90.8 Å². The summed E-state index contributed by atoms with van der Waals surface area (Å²) >= 11 is 0. The highest BCUT2D eigenvalue weighted by Crippen LogP contribution is 2.27. The number of carbonyl (C=O) groups excluding carboxylic acids is 1. The van der Waals surface area contributed by atoms with Gasteiger partial charge in [0.2, 0.25) is 0 Å². The van der Waals surface area contributed by atoms with Crippen LogP contribution in [0.5, 0.6) is 0 Å². The van der Waals surface area contributed by atoms with E-state index in [2.05, 4.69) is 27.5 Å². The predicted octanol–water partition coefficient (Wildman–Crippen LogP) is 4.21. The van der Waals surface area contributed by atoms with Gasteiger partial charge in [0.15, 0.2) is 0 Å². The van der Waals surface area contributed by atoms with Crippen molar-refractivity contribution in [2.45, 2.75) is 6.54 Å². The minimum Gasteiger partial charge on any atom is -0.375 e. The van der Waals surface area contributed by atoms with E-state index < -0.39 is 4.92 Å². The molecule has 4 rings (SSSR count). The fourth-order valence-electron chi connectivity index (χ4n) is 3.79. The summed E-state index contributed by atoms with van der Waals surface area (Å²) in [6, 6.07) is 21.8. The fourth-order valence-corrected chi connectivity index (χ4v) is 3.79. The average Bonchev–Trinajstić information content (AvgIpc) is 2.84. The molecule has 33 heavy (non-hydrogen) atoms. The van der Waals surface area contributed by atoms with Crippen LogP contribution in [-0.4, -0.2) is 49.0 Å². The second kappa shape index (κ2) is 10.1. The molecule has 2 N–H and O–H groups in total. The van der Waals surface area contributed by atoms with Crippen LogP contribution in [0, 0.1) is 10.1 Å². The number of anilines is 3. The summed E-state index contributed by atoms with van der Waals surface area (Å²) in [4.78, 5) is 28.5. The number of piperazine rings is 1. The van der Waals surface area contributed by atoms with Gasteiger partial charge in [-0.05, 0) is 49.0 Å². The Morgan fingerprint density at radius 1 is 0.970 bits per heavy atom. The molecule has 170 valence electrons. The molecule has 3 aromatic carbocycles. The molecule has 0 radical (unpaired) electrons. The Bertz CT molecular complexity index is 1110. The molecule has 0 saturated carbocycles. The van der Waals surface area contributed by atoms with Crippen LogP contribution in [0.3, 0.4) is 0 Å². The summed E-state index contributed by atoms with van der Waals surface area (Å²) in [7, 11) is 2.12. The first kappa shape index (κ1) is 22.3. The van der Waals surface area contributed by atoms with Gasteiger partial charge in [-0.15, -0.1) is 0 Å². The van der Waals surface area contributed by atoms with Crippen molar-refractivity contribution < 1.29 is 9.72 Å². The number of nitro benzene ring substituents is 1. The Labute approximate surface area is 193 Å². The van der Waals surface area contributed by atoms with Crippen molar-refractivity contribution in [1.82, 2.24) is 4.90 Å². The van der Waals surface area contributed by atoms with E-state index in [0.29, 0.717) is 17.9 Å². The second-order valence-corrected chi connectivity index (χ2v) is 8.12. The Kier molecular flexibility index (Phi) is 6.85. The van der Waals surface area contributed by atoms with E-state index in [0.717, 1.165) is 37.4 Å². The number of nitrogens with zero attached hydrogens (tertiary/aromatic N) is 3. The maximum absolute atomic E-state index is 12.7. The molecule has 8 heteroatoms. The van der Waals surface area contributed by atoms with Gasteiger partial charge in [-0.3, -0.25) is 14.9 Å². The molecule has 1 saturated heterocycles. The van der Waals surface area contributed by atoms with Crippen molar-refractivity contribution in [3.8, 4) is 0 Å². The highest BCUT2D eigenvalue weighted by atomic mass is 16.6. The SMILES string of the molecule is CN1CCN(c2ccc(NC(=O)c3ccc(NCc4ccccc4)c([N+](=O)[O-])c3)cc2)CC1. The van der Waals surface area contributed by atoms with Gasteiger partial charge < -0.3 is 20.4 Å². The summed E-state index contributed by atoms with van der Waals surface area (Å²) < 4.78 is 0. The summed E-state index contributed by atoms with van der Waals surface area (Å²) in [5.74, 6) is -0.389. The molecule has 1 aliphatic heterocycles. The number of nitrogens with one attached hydrogen (secondary N) is 2. The molecule has 3 aromatic rings. The van der Waals surface area contributed by atoms with Crippen molar-refractivity contribution in [1.29, 1.82) is 0 Å². The van der Waals surface area contributed by atoms with Crippen LogP contribution in [0.25, 0.3) is 0 Å². The number of nitro groups is 1. The zero-order valence-electron chi connectivity index (χ0n) is 18.5. The molecular weight excluding hydrogens is 418 g/mol. The van der Waals surface area contributed by atoms with Gasteiger partial charge in [-0.2, -0.15) is 0 Å². The minimum atomic E-state index is -0.477. The third-order valence-corrected chi connectivity index (χ3v) is 5.78. The maximum Gasteiger partial charge on any atom is 0.293 e. The van der Waals surface area contributed by atoms with Crippen molar-refractivity contribution >= 4 is 28.7 Å². The number of amides is 1. The Hall–Kier alpha value is -3.91. The Balaban J connectivity index is 1.42. The molecule has 0 unspecified atom stereocenters. The average molecular weight is 446 g/mol. The molecule has 1 heterocycles. The Morgan fingerprint density at radius 3 is 2.33 bits per heavy atom. The number of benzene rings is 3. The number of likely N-dealkylation sites (N-methyl/N-ethyl adjacent to an activating group) is 1.